The summed E-state index contributed by atoms with van der Waals surface area (Å²) in [5, 5.41) is 6.34. The molecular weight excluding hydrogens is 278 g/mol. The SMILES string of the molecule is CC(C)(NCCCc1ccc2ccccc2c1)c1ccccc1. The van der Waals surface area contributed by atoms with E-state index in [1.54, 1.807) is 0 Å². The van der Waals surface area contributed by atoms with Crippen molar-refractivity contribution in [2.45, 2.75) is 32.2 Å². The second-order valence-electron chi connectivity index (χ2n) is 6.70. The highest BCUT2D eigenvalue weighted by atomic mass is 14.9. The Morgan fingerprint density at radius 3 is 2.26 bits per heavy atom. The molecular formula is C22H25N. The number of fused-ring (bicyclic) bond motifs is 1. The van der Waals surface area contributed by atoms with Crippen LogP contribution in [0.1, 0.15) is 31.4 Å². The van der Waals surface area contributed by atoms with Gasteiger partial charge in [0.1, 0.15) is 0 Å². The van der Waals surface area contributed by atoms with E-state index >= 15 is 0 Å². The molecule has 0 bridgehead atoms. The molecule has 3 aromatic rings. The highest BCUT2D eigenvalue weighted by Gasteiger charge is 2.18. The first-order chi connectivity index (χ1) is 11.1. The molecule has 0 aliphatic rings. The summed E-state index contributed by atoms with van der Waals surface area (Å²) in [5.41, 5.74) is 2.78. The van der Waals surface area contributed by atoms with Crippen molar-refractivity contribution >= 4 is 10.8 Å². The predicted octanol–water partition coefficient (Wildman–Crippen LogP) is 5.30. The molecule has 118 valence electrons. The van der Waals surface area contributed by atoms with Crippen molar-refractivity contribution in [1.29, 1.82) is 0 Å². The van der Waals surface area contributed by atoms with Crippen molar-refractivity contribution in [1.82, 2.24) is 5.32 Å². The molecule has 1 heteroatoms. The Morgan fingerprint density at radius 2 is 1.48 bits per heavy atom. The van der Waals surface area contributed by atoms with Crippen LogP contribution in [0.4, 0.5) is 0 Å². The first kappa shape index (κ1) is 15.8. The van der Waals surface area contributed by atoms with Crippen molar-refractivity contribution in [3.63, 3.8) is 0 Å². The van der Waals surface area contributed by atoms with Crippen LogP contribution in [0.3, 0.4) is 0 Å². The van der Waals surface area contributed by atoms with E-state index in [1.807, 2.05) is 0 Å². The van der Waals surface area contributed by atoms with Gasteiger partial charge in [-0.3, -0.25) is 0 Å². The topological polar surface area (TPSA) is 12.0 Å². The monoisotopic (exact) mass is 303 g/mol. The lowest BCUT2D eigenvalue weighted by Crippen LogP contribution is -2.37. The van der Waals surface area contributed by atoms with E-state index in [9.17, 15) is 0 Å². The standard InChI is InChI=1S/C22H25N/c1-22(2,21-12-4-3-5-13-21)23-16-8-9-18-14-15-19-10-6-7-11-20(19)17-18/h3-7,10-15,17,23H,8-9,16H2,1-2H3. The molecule has 3 aromatic carbocycles. The van der Waals surface area contributed by atoms with E-state index in [2.05, 4.69) is 92.0 Å². The third-order valence-corrected chi connectivity index (χ3v) is 4.52. The fourth-order valence-electron chi connectivity index (χ4n) is 3.04. The van der Waals surface area contributed by atoms with E-state index in [0.29, 0.717) is 0 Å². The minimum atomic E-state index is 0.0185. The second kappa shape index (κ2) is 6.97. The largest absolute Gasteiger partial charge is 0.308 e. The van der Waals surface area contributed by atoms with Gasteiger partial charge >= 0.3 is 0 Å². The van der Waals surface area contributed by atoms with Crippen molar-refractivity contribution in [3.8, 4) is 0 Å². The zero-order chi connectivity index (χ0) is 16.1. The van der Waals surface area contributed by atoms with Crippen LogP contribution in [0.15, 0.2) is 72.8 Å². The van der Waals surface area contributed by atoms with Gasteiger partial charge in [0.05, 0.1) is 0 Å². The van der Waals surface area contributed by atoms with E-state index < -0.39 is 0 Å². The summed E-state index contributed by atoms with van der Waals surface area (Å²) in [6.45, 7) is 5.52. The summed E-state index contributed by atoms with van der Waals surface area (Å²) < 4.78 is 0. The molecule has 0 saturated heterocycles. The summed E-state index contributed by atoms with van der Waals surface area (Å²) in [7, 11) is 0. The summed E-state index contributed by atoms with van der Waals surface area (Å²) in [4.78, 5) is 0. The third kappa shape index (κ3) is 4.00. The molecule has 0 amide bonds. The fourth-order valence-corrected chi connectivity index (χ4v) is 3.04. The molecule has 0 fully saturated rings. The molecule has 3 rings (SSSR count). The molecule has 0 aromatic heterocycles. The summed E-state index contributed by atoms with van der Waals surface area (Å²) in [6, 6.07) is 26.0. The minimum Gasteiger partial charge on any atom is -0.308 e. The summed E-state index contributed by atoms with van der Waals surface area (Å²) >= 11 is 0. The maximum atomic E-state index is 3.68. The highest BCUT2D eigenvalue weighted by molar-refractivity contribution is 5.82. The van der Waals surface area contributed by atoms with Gasteiger partial charge in [-0.1, -0.05) is 72.8 Å². The Labute approximate surface area is 139 Å². The number of rotatable bonds is 6. The molecule has 0 atom stereocenters. The number of benzene rings is 3. The number of aryl methyl sites for hydroxylation is 1. The maximum Gasteiger partial charge on any atom is 0.0377 e. The van der Waals surface area contributed by atoms with Gasteiger partial charge in [-0.25, -0.2) is 0 Å². The molecule has 1 N–H and O–H groups in total. The van der Waals surface area contributed by atoms with Crippen molar-refractivity contribution in [3.05, 3.63) is 83.9 Å². The van der Waals surface area contributed by atoms with Gasteiger partial charge in [0.25, 0.3) is 0 Å². The van der Waals surface area contributed by atoms with Crippen LogP contribution in [0, 0.1) is 0 Å². The molecule has 0 radical (unpaired) electrons. The third-order valence-electron chi connectivity index (χ3n) is 4.52. The molecule has 0 aliphatic heterocycles. The van der Waals surface area contributed by atoms with E-state index in [4.69, 9.17) is 0 Å². The molecule has 0 aliphatic carbocycles. The average Bonchev–Trinajstić information content (AvgIpc) is 2.59. The molecule has 0 heterocycles. The number of hydrogen-bond acceptors (Lipinski definition) is 1. The van der Waals surface area contributed by atoms with Gasteiger partial charge < -0.3 is 5.32 Å². The van der Waals surface area contributed by atoms with E-state index in [-0.39, 0.29) is 5.54 Å². The molecule has 0 spiro atoms. The number of nitrogens with one attached hydrogen (secondary N) is 1. The van der Waals surface area contributed by atoms with Gasteiger partial charge in [0.2, 0.25) is 0 Å². The van der Waals surface area contributed by atoms with Crippen LogP contribution in [-0.4, -0.2) is 6.54 Å². The summed E-state index contributed by atoms with van der Waals surface area (Å²) in [6.07, 6.45) is 2.26. The zero-order valence-electron chi connectivity index (χ0n) is 14.0. The smallest absolute Gasteiger partial charge is 0.0377 e. The van der Waals surface area contributed by atoms with E-state index in [0.717, 1.165) is 19.4 Å². The average molecular weight is 303 g/mol. The second-order valence-corrected chi connectivity index (χ2v) is 6.70. The van der Waals surface area contributed by atoms with Crippen LogP contribution in [0.25, 0.3) is 10.8 Å². The van der Waals surface area contributed by atoms with Crippen LogP contribution >= 0.6 is 0 Å². The van der Waals surface area contributed by atoms with Crippen molar-refractivity contribution < 1.29 is 0 Å². The maximum absolute atomic E-state index is 3.68. The van der Waals surface area contributed by atoms with Gasteiger partial charge in [0, 0.05) is 5.54 Å². The first-order valence-electron chi connectivity index (χ1n) is 8.43. The van der Waals surface area contributed by atoms with Crippen LogP contribution in [0.2, 0.25) is 0 Å². The molecule has 23 heavy (non-hydrogen) atoms. The Kier molecular flexibility index (Phi) is 4.78. The zero-order valence-corrected chi connectivity index (χ0v) is 14.0. The Bertz CT molecular complexity index is 759. The highest BCUT2D eigenvalue weighted by Crippen LogP contribution is 2.20. The Morgan fingerprint density at radius 1 is 0.783 bits per heavy atom. The normalized spacial score (nSPS) is 11.7. The van der Waals surface area contributed by atoms with Gasteiger partial charge in [-0.05, 0) is 55.1 Å². The van der Waals surface area contributed by atoms with E-state index in [1.165, 1.54) is 21.9 Å². The van der Waals surface area contributed by atoms with Gasteiger partial charge in [0.15, 0.2) is 0 Å². The van der Waals surface area contributed by atoms with Crippen LogP contribution < -0.4 is 5.32 Å². The van der Waals surface area contributed by atoms with Gasteiger partial charge in [-0.15, -0.1) is 0 Å². The van der Waals surface area contributed by atoms with Crippen LogP contribution in [0.5, 0.6) is 0 Å². The quantitative estimate of drug-likeness (QED) is 0.609. The molecule has 1 nitrogen and oxygen atoms in total. The lowest BCUT2D eigenvalue weighted by Gasteiger charge is -2.27. The lowest BCUT2D eigenvalue weighted by atomic mass is 9.94. The van der Waals surface area contributed by atoms with Gasteiger partial charge in [-0.2, -0.15) is 0 Å². The first-order valence-corrected chi connectivity index (χ1v) is 8.43. The Hall–Kier alpha value is -2.12. The lowest BCUT2D eigenvalue weighted by molar-refractivity contribution is 0.400. The van der Waals surface area contributed by atoms with Crippen molar-refractivity contribution in [2.24, 2.45) is 0 Å². The Balaban J connectivity index is 1.54. The molecule has 0 unspecified atom stereocenters. The number of hydrogen-bond donors (Lipinski definition) is 1. The fraction of sp³-hybridized carbons (Fsp3) is 0.273. The van der Waals surface area contributed by atoms with Crippen LogP contribution in [-0.2, 0) is 12.0 Å². The molecule has 0 saturated carbocycles. The summed E-state index contributed by atoms with van der Waals surface area (Å²) in [5.74, 6) is 0. The predicted molar refractivity (Wildman–Crippen MR) is 99.7 cm³/mol. The minimum absolute atomic E-state index is 0.0185. The van der Waals surface area contributed by atoms with Crippen molar-refractivity contribution in [2.75, 3.05) is 6.54 Å².